The highest BCUT2D eigenvalue weighted by Gasteiger charge is 2.25. The van der Waals surface area contributed by atoms with Gasteiger partial charge in [-0.3, -0.25) is 0 Å². The quantitative estimate of drug-likeness (QED) is 0.655. The molecule has 4 rings (SSSR count). The van der Waals surface area contributed by atoms with Gasteiger partial charge in [0.1, 0.15) is 12.4 Å². The number of nitrogens with one attached hydrogen (secondary N) is 1. The van der Waals surface area contributed by atoms with Gasteiger partial charge in [-0.25, -0.2) is 4.68 Å². The Kier molecular flexibility index (Phi) is 5.16. The van der Waals surface area contributed by atoms with Crippen LogP contribution in [-0.4, -0.2) is 28.0 Å². The highest BCUT2D eigenvalue weighted by molar-refractivity contribution is 5.77. The van der Waals surface area contributed by atoms with E-state index in [1.165, 1.54) is 18.0 Å². The first-order valence-electron chi connectivity index (χ1n) is 9.22. The molecule has 29 heavy (non-hydrogen) atoms. The molecular weight excluding hydrogens is 378 g/mol. The minimum absolute atomic E-state index is 0.00101. The van der Waals surface area contributed by atoms with Crippen LogP contribution in [-0.2, 0) is 0 Å². The van der Waals surface area contributed by atoms with Gasteiger partial charge in [-0.1, -0.05) is 35.9 Å². The summed E-state index contributed by atoms with van der Waals surface area (Å²) >= 11 is 0. The number of benzene rings is 2. The summed E-state index contributed by atoms with van der Waals surface area (Å²) < 4.78 is 37.2. The summed E-state index contributed by atoms with van der Waals surface area (Å²) in [7, 11) is 0. The zero-order valence-corrected chi connectivity index (χ0v) is 16.0. The highest BCUT2D eigenvalue weighted by Crippen LogP contribution is 2.37. The van der Waals surface area contributed by atoms with Crippen LogP contribution in [0.15, 0.2) is 54.9 Å². The van der Waals surface area contributed by atoms with Crippen molar-refractivity contribution in [3.8, 4) is 11.5 Å². The largest absolute Gasteiger partial charge is 0.490 e. The topological polar surface area (TPSA) is 61.2 Å². The molecule has 6 nitrogen and oxygen atoms in total. The van der Waals surface area contributed by atoms with E-state index in [4.69, 9.17) is 4.74 Å². The Morgan fingerprint density at radius 1 is 1.14 bits per heavy atom. The lowest BCUT2D eigenvalue weighted by atomic mass is 10.0. The van der Waals surface area contributed by atoms with Crippen LogP contribution >= 0.6 is 0 Å². The number of fused-ring (bicyclic) bond motifs is 1. The fraction of sp³-hybridized carbons (Fsp3) is 0.238. The number of rotatable bonds is 6. The van der Waals surface area contributed by atoms with Crippen molar-refractivity contribution in [1.29, 1.82) is 0 Å². The monoisotopic (exact) mass is 398 g/mol. The van der Waals surface area contributed by atoms with Crippen molar-refractivity contribution in [3.05, 3.63) is 71.6 Å². The molecule has 2 aromatic carbocycles. The molecule has 1 aliphatic rings. The van der Waals surface area contributed by atoms with Gasteiger partial charge in [-0.15, -0.1) is 0 Å². The summed E-state index contributed by atoms with van der Waals surface area (Å²) in [6.45, 7) is 1.22. The van der Waals surface area contributed by atoms with E-state index in [0.717, 1.165) is 16.8 Å². The minimum atomic E-state index is -2.92. The number of ether oxygens (including phenoxy) is 2. The number of alkyl halides is 2. The number of hydrogen-bond donors (Lipinski definition) is 1. The van der Waals surface area contributed by atoms with E-state index in [1.54, 1.807) is 23.7 Å². The lowest BCUT2D eigenvalue weighted by molar-refractivity contribution is -0.0514. The first-order valence-corrected chi connectivity index (χ1v) is 9.22. The van der Waals surface area contributed by atoms with E-state index in [0.29, 0.717) is 12.6 Å². The standard InChI is InChI=1S/C21H20F2N4O2/c1-3-28-19-10-15(8-9-18(19)29-20(22)23)17-11-16(14-6-4-13(2)5-7-14)26-21-24-12-25-27(17)21/h4-12,17,20H,3H2,1-2H3,(H,24,25,26). The fourth-order valence-corrected chi connectivity index (χ4v) is 3.24. The van der Waals surface area contributed by atoms with Gasteiger partial charge >= 0.3 is 6.61 Å². The Hall–Kier alpha value is -3.42. The number of hydrogen-bond acceptors (Lipinski definition) is 5. The molecule has 0 spiro atoms. The maximum absolute atomic E-state index is 12.7. The van der Waals surface area contributed by atoms with Gasteiger partial charge in [0, 0.05) is 5.70 Å². The second-order valence-electron chi connectivity index (χ2n) is 6.56. The van der Waals surface area contributed by atoms with Crippen LogP contribution in [0.5, 0.6) is 11.5 Å². The van der Waals surface area contributed by atoms with E-state index in [1.807, 2.05) is 37.3 Å². The second-order valence-corrected chi connectivity index (χ2v) is 6.56. The molecule has 3 aromatic rings. The third kappa shape index (κ3) is 3.91. The summed E-state index contributed by atoms with van der Waals surface area (Å²) in [5, 5.41) is 7.59. The highest BCUT2D eigenvalue weighted by atomic mass is 19.3. The minimum Gasteiger partial charge on any atom is -0.490 e. The van der Waals surface area contributed by atoms with Crippen LogP contribution in [0.1, 0.15) is 29.7 Å². The molecule has 0 aliphatic carbocycles. The van der Waals surface area contributed by atoms with Gasteiger partial charge in [0.25, 0.3) is 0 Å². The summed E-state index contributed by atoms with van der Waals surface area (Å²) in [5.74, 6) is 0.857. The Morgan fingerprint density at radius 3 is 2.66 bits per heavy atom. The molecule has 0 saturated carbocycles. The van der Waals surface area contributed by atoms with Gasteiger partial charge in [0.2, 0.25) is 5.95 Å². The average Bonchev–Trinajstić information content (AvgIpc) is 3.18. The number of nitrogens with zero attached hydrogens (tertiary/aromatic N) is 3. The molecule has 1 aromatic heterocycles. The smallest absolute Gasteiger partial charge is 0.387 e. The summed E-state index contributed by atoms with van der Waals surface area (Å²) in [5.41, 5.74) is 3.88. The van der Waals surface area contributed by atoms with E-state index in [9.17, 15) is 8.78 Å². The Labute approximate surface area is 166 Å². The number of anilines is 1. The first kappa shape index (κ1) is 18.9. The first-order chi connectivity index (χ1) is 14.0. The van der Waals surface area contributed by atoms with Gasteiger partial charge in [0.05, 0.1) is 6.61 Å². The zero-order chi connectivity index (χ0) is 20.4. The van der Waals surface area contributed by atoms with Crippen LogP contribution in [0.3, 0.4) is 0 Å². The van der Waals surface area contributed by atoms with Crippen LogP contribution in [0.25, 0.3) is 5.70 Å². The van der Waals surface area contributed by atoms with E-state index in [2.05, 4.69) is 20.1 Å². The van der Waals surface area contributed by atoms with Crippen molar-refractivity contribution in [2.45, 2.75) is 26.5 Å². The average molecular weight is 398 g/mol. The number of aromatic nitrogens is 3. The fourth-order valence-electron chi connectivity index (χ4n) is 3.24. The zero-order valence-electron chi connectivity index (χ0n) is 16.0. The molecule has 1 aliphatic heterocycles. The predicted molar refractivity (Wildman–Crippen MR) is 105 cm³/mol. The van der Waals surface area contributed by atoms with Crippen molar-refractivity contribution < 1.29 is 18.3 Å². The van der Waals surface area contributed by atoms with Gasteiger partial charge in [0.15, 0.2) is 11.5 Å². The molecule has 150 valence electrons. The van der Waals surface area contributed by atoms with Crippen molar-refractivity contribution in [2.75, 3.05) is 11.9 Å². The molecule has 1 N–H and O–H groups in total. The Bertz CT molecular complexity index is 1030. The SMILES string of the molecule is CCOc1cc(C2C=C(c3ccc(C)cc3)Nc3ncnn32)ccc1OC(F)F. The lowest BCUT2D eigenvalue weighted by Gasteiger charge is -2.25. The Morgan fingerprint density at radius 2 is 1.93 bits per heavy atom. The summed E-state index contributed by atoms with van der Waals surface area (Å²) in [4.78, 5) is 4.29. The molecular formula is C21H20F2N4O2. The van der Waals surface area contributed by atoms with Crippen molar-refractivity contribution in [3.63, 3.8) is 0 Å². The van der Waals surface area contributed by atoms with Crippen LogP contribution in [0.4, 0.5) is 14.7 Å². The van der Waals surface area contributed by atoms with Crippen LogP contribution in [0, 0.1) is 6.92 Å². The molecule has 0 bridgehead atoms. The van der Waals surface area contributed by atoms with Gasteiger partial charge in [-0.2, -0.15) is 18.9 Å². The third-order valence-corrected chi connectivity index (χ3v) is 4.60. The molecule has 1 unspecified atom stereocenters. The number of halogens is 2. The van der Waals surface area contributed by atoms with E-state index >= 15 is 0 Å². The van der Waals surface area contributed by atoms with Gasteiger partial charge in [-0.05, 0) is 43.2 Å². The predicted octanol–water partition coefficient (Wildman–Crippen LogP) is 4.64. The molecule has 2 heterocycles. The van der Waals surface area contributed by atoms with Crippen molar-refractivity contribution >= 4 is 11.6 Å². The number of allylic oxidation sites excluding steroid dienone is 1. The molecule has 8 heteroatoms. The molecule has 0 radical (unpaired) electrons. The molecule has 0 amide bonds. The van der Waals surface area contributed by atoms with E-state index in [-0.39, 0.29) is 17.5 Å². The maximum Gasteiger partial charge on any atom is 0.387 e. The normalized spacial score (nSPS) is 15.5. The van der Waals surface area contributed by atoms with Gasteiger partial charge < -0.3 is 14.8 Å². The molecule has 0 fully saturated rings. The maximum atomic E-state index is 12.7. The second kappa shape index (κ2) is 7.90. The molecule has 0 saturated heterocycles. The van der Waals surface area contributed by atoms with Crippen LogP contribution < -0.4 is 14.8 Å². The Balaban J connectivity index is 1.76. The van der Waals surface area contributed by atoms with Crippen LogP contribution in [0.2, 0.25) is 0 Å². The summed E-state index contributed by atoms with van der Waals surface area (Å²) in [6.07, 6.45) is 3.49. The summed E-state index contributed by atoms with van der Waals surface area (Å²) in [6, 6.07) is 12.8. The van der Waals surface area contributed by atoms with Crippen molar-refractivity contribution in [1.82, 2.24) is 14.8 Å². The van der Waals surface area contributed by atoms with E-state index < -0.39 is 6.61 Å². The number of aryl methyl sites for hydroxylation is 1. The third-order valence-electron chi connectivity index (χ3n) is 4.60. The molecule has 1 atom stereocenters. The van der Waals surface area contributed by atoms with Crippen molar-refractivity contribution in [2.24, 2.45) is 0 Å². The lowest BCUT2D eigenvalue weighted by Crippen LogP contribution is -2.20.